The maximum Gasteiger partial charge on any atom is 0.333 e. The first kappa shape index (κ1) is 32.7. The van der Waals surface area contributed by atoms with Crippen molar-refractivity contribution in [2.75, 3.05) is 27.4 Å². The van der Waals surface area contributed by atoms with Gasteiger partial charge in [0.2, 0.25) is 0 Å². The lowest BCUT2D eigenvalue weighted by atomic mass is 9.82. The van der Waals surface area contributed by atoms with Crippen molar-refractivity contribution in [2.24, 2.45) is 5.92 Å². The molecule has 13 heteroatoms. The molecule has 1 fully saturated rings. The fourth-order valence-corrected chi connectivity index (χ4v) is 7.38. The molecular formula is C32H40FN5O6S. The molecule has 3 aromatic heterocycles. The Morgan fingerprint density at radius 3 is 2.49 bits per heavy atom. The fraction of sp³-hybridized carbons (Fsp3) is 0.531. The molecule has 0 N–H and O–H groups in total. The quantitative estimate of drug-likeness (QED) is 0.188. The SMILES string of the molecule is COCCO[C@@H](Cn1c(=O)n(C(C)(C)C(=O)CC2CCCCC2)c(=O)c2c(C)c(-n3nccn3)sc21)c1cc(F)ccc1OC. The molecule has 0 saturated heterocycles. The molecule has 0 radical (unpaired) electrons. The number of aromatic nitrogens is 5. The van der Waals surface area contributed by atoms with Gasteiger partial charge in [-0.1, -0.05) is 43.4 Å². The summed E-state index contributed by atoms with van der Waals surface area (Å²) < 4.78 is 34.0. The molecule has 0 unspecified atom stereocenters. The van der Waals surface area contributed by atoms with Gasteiger partial charge in [0.15, 0.2) is 5.78 Å². The van der Waals surface area contributed by atoms with Gasteiger partial charge in [-0.05, 0) is 44.9 Å². The topological polar surface area (TPSA) is 119 Å². The number of thiophene rings is 1. The summed E-state index contributed by atoms with van der Waals surface area (Å²) in [6.45, 7) is 5.35. The predicted molar refractivity (Wildman–Crippen MR) is 169 cm³/mol. The first-order valence-corrected chi connectivity index (χ1v) is 16.0. The lowest BCUT2D eigenvalue weighted by molar-refractivity contribution is -0.127. The highest BCUT2D eigenvalue weighted by Crippen LogP contribution is 2.35. The maximum absolute atomic E-state index is 14.6. The van der Waals surface area contributed by atoms with Gasteiger partial charge in [-0.15, -0.1) is 4.80 Å². The number of carbonyl (C=O) groups is 1. The third-order valence-electron chi connectivity index (χ3n) is 8.72. The number of ketones is 1. The second-order valence-electron chi connectivity index (χ2n) is 12.0. The molecule has 0 aliphatic heterocycles. The Hall–Kier alpha value is -3.68. The number of methoxy groups -OCH3 is 2. The van der Waals surface area contributed by atoms with Crippen LogP contribution in [0, 0.1) is 18.7 Å². The molecule has 3 heterocycles. The van der Waals surface area contributed by atoms with E-state index in [0.717, 1.165) is 36.7 Å². The number of carbonyl (C=O) groups excluding carboxylic acids is 1. The number of halogens is 1. The summed E-state index contributed by atoms with van der Waals surface area (Å²) in [7, 11) is 3.01. The van der Waals surface area contributed by atoms with Crippen LogP contribution >= 0.6 is 11.3 Å². The van der Waals surface area contributed by atoms with Crippen LogP contribution in [-0.4, -0.2) is 57.3 Å². The molecule has 0 bridgehead atoms. The number of benzene rings is 1. The Balaban J connectivity index is 1.71. The van der Waals surface area contributed by atoms with E-state index in [-0.39, 0.29) is 36.8 Å². The number of hydrogen-bond acceptors (Lipinski definition) is 9. The highest BCUT2D eigenvalue weighted by atomic mass is 32.1. The van der Waals surface area contributed by atoms with E-state index >= 15 is 0 Å². The van der Waals surface area contributed by atoms with Gasteiger partial charge in [0.25, 0.3) is 5.56 Å². The number of ether oxygens (including phenoxy) is 3. The minimum Gasteiger partial charge on any atom is -0.496 e. The van der Waals surface area contributed by atoms with Crippen LogP contribution in [0.3, 0.4) is 0 Å². The van der Waals surface area contributed by atoms with E-state index in [4.69, 9.17) is 14.2 Å². The van der Waals surface area contributed by atoms with Crippen molar-refractivity contribution in [3.05, 3.63) is 68.4 Å². The van der Waals surface area contributed by atoms with Crippen LogP contribution < -0.4 is 16.0 Å². The Kier molecular flexibility index (Phi) is 10.00. The van der Waals surface area contributed by atoms with Gasteiger partial charge in [0, 0.05) is 24.7 Å². The molecule has 1 aliphatic rings. The van der Waals surface area contributed by atoms with Crippen molar-refractivity contribution in [1.82, 2.24) is 24.1 Å². The largest absolute Gasteiger partial charge is 0.496 e. The fourth-order valence-electron chi connectivity index (χ4n) is 6.17. The molecule has 4 aromatic rings. The zero-order chi connectivity index (χ0) is 32.3. The first-order valence-electron chi connectivity index (χ1n) is 15.2. The van der Waals surface area contributed by atoms with E-state index in [1.807, 2.05) is 0 Å². The van der Waals surface area contributed by atoms with Crippen LogP contribution in [0.2, 0.25) is 0 Å². The Labute approximate surface area is 264 Å². The summed E-state index contributed by atoms with van der Waals surface area (Å²) in [6.07, 6.45) is 7.70. The van der Waals surface area contributed by atoms with Crippen LogP contribution in [0.5, 0.6) is 5.75 Å². The van der Waals surface area contributed by atoms with Gasteiger partial charge in [0.05, 0.1) is 44.6 Å². The number of hydrogen-bond donors (Lipinski definition) is 0. The normalized spacial score (nSPS) is 15.1. The number of nitrogens with zero attached hydrogens (tertiary/aromatic N) is 5. The summed E-state index contributed by atoms with van der Waals surface area (Å²) in [5, 5.41) is 9.34. The standard InChI is InChI=1S/C32H40FN5O6S/c1-20-27-28(40)37(32(2,3)26(39)17-21-9-7-6-8-10-21)31(41)36(30(27)45-29(20)38-34-13-14-35-38)19-25(44-16-15-42-4)23-18-22(33)11-12-24(23)43-5/h11-14,18,21,25H,6-10,15-17,19H2,1-5H3/t25-/m0/s1. The second kappa shape index (κ2) is 13.8. The van der Waals surface area contributed by atoms with Crippen LogP contribution in [0.4, 0.5) is 4.39 Å². The smallest absolute Gasteiger partial charge is 0.333 e. The lowest BCUT2D eigenvalue weighted by Gasteiger charge is -2.30. The van der Waals surface area contributed by atoms with E-state index in [9.17, 15) is 18.8 Å². The van der Waals surface area contributed by atoms with E-state index in [1.54, 1.807) is 20.8 Å². The highest BCUT2D eigenvalue weighted by molar-refractivity contribution is 7.21. The molecule has 45 heavy (non-hydrogen) atoms. The minimum atomic E-state index is -1.43. The summed E-state index contributed by atoms with van der Waals surface area (Å²) in [5.74, 6) is -0.0575. The van der Waals surface area contributed by atoms with Crippen LogP contribution in [0.1, 0.15) is 69.6 Å². The molecule has 1 atom stereocenters. The molecule has 11 nitrogen and oxygen atoms in total. The molecule has 5 rings (SSSR count). The molecule has 242 valence electrons. The average molecular weight is 642 g/mol. The lowest BCUT2D eigenvalue weighted by Crippen LogP contribution is -2.53. The van der Waals surface area contributed by atoms with Crippen LogP contribution in [0.25, 0.3) is 15.2 Å². The van der Waals surface area contributed by atoms with Gasteiger partial charge in [-0.2, -0.15) is 10.2 Å². The number of rotatable bonds is 13. The third kappa shape index (κ3) is 6.52. The maximum atomic E-state index is 14.6. The molecule has 1 aromatic carbocycles. The van der Waals surface area contributed by atoms with Gasteiger partial charge in [-0.3, -0.25) is 14.2 Å². The van der Waals surface area contributed by atoms with Gasteiger partial charge >= 0.3 is 5.69 Å². The van der Waals surface area contributed by atoms with Crippen molar-refractivity contribution in [1.29, 1.82) is 0 Å². The minimum absolute atomic E-state index is 0.0992. The number of aryl methyl sites for hydroxylation is 1. The molecule has 0 amide bonds. The predicted octanol–water partition coefficient (Wildman–Crippen LogP) is 4.94. The van der Waals surface area contributed by atoms with E-state index in [1.165, 1.54) is 65.5 Å². The third-order valence-corrected chi connectivity index (χ3v) is 10.0. The molecular weight excluding hydrogens is 601 g/mol. The monoisotopic (exact) mass is 641 g/mol. The summed E-state index contributed by atoms with van der Waals surface area (Å²) in [4.78, 5) is 44.5. The first-order chi connectivity index (χ1) is 21.6. The summed E-state index contributed by atoms with van der Waals surface area (Å²) >= 11 is 1.19. The Morgan fingerprint density at radius 1 is 1.11 bits per heavy atom. The number of Topliss-reactive ketones (excluding diaryl/α,β-unsaturated/α-hetero) is 1. The van der Waals surface area contributed by atoms with Gasteiger partial charge < -0.3 is 14.2 Å². The van der Waals surface area contributed by atoms with E-state index in [2.05, 4.69) is 10.2 Å². The van der Waals surface area contributed by atoms with Crippen molar-refractivity contribution in [2.45, 2.75) is 77.5 Å². The Bertz CT molecular complexity index is 1770. The van der Waals surface area contributed by atoms with Gasteiger partial charge in [0.1, 0.15) is 33.0 Å². The summed E-state index contributed by atoms with van der Waals surface area (Å²) in [6, 6.07) is 4.09. The molecule has 1 aliphatic carbocycles. The van der Waals surface area contributed by atoms with Crippen molar-refractivity contribution in [3.63, 3.8) is 0 Å². The van der Waals surface area contributed by atoms with Crippen molar-refractivity contribution >= 4 is 27.3 Å². The number of fused-ring (bicyclic) bond motifs is 1. The second-order valence-corrected chi connectivity index (χ2v) is 13.0. The Morgan fingerprint density at radius 2 is 1.82 bits per heavy atom. The average Bonchev–Trinajstić information content (AvgIpc) is 3.67. The van der Waals surface area contributed by atoms with E-state index < -0.39 is 28.7 Å². The zero-order valence-electron chi connectivity index (χ0n) is 26.4. The van der Waals surface area contributed by atoms with E-state index in [0.29, 0.717) is 33.1 Å². The van der Waals surface area contributed by atoms with Crippen molar-refractivity contribution in [3.8, 4) is 10.8 Å². The van der Waals surface area contributed by atoms with Crippen LogP contribution in [-0.2, 0) is 26.4 Å². The van der Waals surface area contributed by atoms with Crippen LogP contribution in [0.15, 0.2) is 40.2 Å². The summed E-state index contributed by atoms with van der Waals surface area (Å²) in [5.41, 5.74) is -1.68. The van der Waals surface area contributed by atoms with Gasteiger partial charge in [-0.25, -0.2) is 13.8 Å². The van der Waals surface area contributed by atoms with Crippen molar-refractivity contribution < 1.29 is 23.4 Å². The molecule has 0 spiro atoms. The highest BCUT2D eigenvalue weighted by Gasteiger charge is 2.37. The zero-order valence-corrected chi connectivity index (χ0v) is 27.2. The molecule has 1 saturated carbocycles.